The molecule has 0 radical (unpaired) electrons. The summed E-state index contributed by atoms with van der Waals surface area (Å²) in [6.45, 7) is 3.60. The van der Waals surface area contributed by atoms with Crippen LogP contribution >= 0.6 is 39.1 Å². The van der Waals surface area contributed by atoms with Crippen molar-refractivity contribution in [3.63, 3.8) is 0 Å². The summed E-state index contributed by atoms with van der Waals surface area (Å²) in [6.07, 6.45) is 1.47. The number of rotatable bonds is 7. The van der Waals surface area contributed by atoms with E-state index in [4.69, 9.17) is 27.9 Å². The molecule has 4 aromatic rings. The van der Waals surface area contributed by atoms with E-state index in [-0.39, 0.29) is 39.8 Å². The van der Waals surface area contributed by atoms with Crippen LogP contribution in [0.15, 0.2) is 75.0 Å². The second-order valence-electron chi connectivity index (χ2n) is 8.16. The minimum atomic E-state index is -0.352. The summed E-state index contributed by atoms with van der Waals surface area (Å²) in [6, 6.07) is 17.5. The summed E-state index contributed by atoms with van der Waals surface area (Å²) >= 11 is 16.2. The Morgan fingerprint density at radius 1 is 1.14 bits per heavy atom. The monoisotopic (exact) mass is 586 g/mol. The van der Waals surface area contributed by atoms with Gasteiger partial charge in [-0.3, -0.25) is 9.59 Å². The number of halogens is 3. The molecule has 0 atom stereocenters. The quantitative estimate of drug-likeness (QED) is 0.250. The topological polar surface area (TPSA) is 85.6 Å². The third-order valence-corrected chi connectivity index (χ3v) is 6.15. The standard InChI is InChI=1S/C26H21BrCl2N4O3/c1-15(2)25-32-22-9-8-17(27)12-19(22)26(35)33(25)30-13-16-10-20(28)24(21(29)11-16)36-14-23(34)31-18-6-4-3-5-7-18/h3-13,15H,14H2,1-2H3,(H,31,34). The van der Waals surface area contributed by atoms with Crippen LogP contribution in [0.2, 0.25) is 10.0 Å². The van der Waals surface area contributed by atoms with E-state index in [9.17, 15) is 9.59 Å². The van der Waals surface area contributed by atoms with E-state index < -0.39 is 0 Å². The summed E-state index contributed by atoms with van der Waals surface area (Å²) < 4.78 is 7.61. The molecule has 0 spiro atoms. The molecule has 10 heteroatoms. The molecular formula is C26H21BrCl2N4O3. The van der Waals surface area contributed by atoms with Gasteiger partial charge in [0.05, 0.1) is 27.2 Å². The van der Waals surface area contributed by atoms with Crippen molar-refractivity contribution < 1.29 is 9.53 Å². The van der Waals surface area contributed by atoms with Crippen LogP contribution in [-0.2, 0) is 4.79 Å². The SMILES string of the molecule is CC(C)c1nc2ccc(Br)cc2c(=O)n1N=Cc1cc(Cl)c(OCC(=O)Nc2ccccc2)c(Cl)c1. The lowest BCUT2D eigenvalue weighted by Gasteiger charge is -2.12. The Balaban J connectivity index is 1.57. The van der Waals surface area contributed by atoms with Gasteiger partial charge in [-0.1, -0.05) is 71.2 Å². The zero-order valence-electron chi connectivity index (χ0n) is 19.3. The fourth-order valence-corrected chi connectivity index (χ4v) is 4.40. The van der Waals surface area contributed by atoms with Crippen molar-refractivity contribution in [2.24, 2.45) is 5.10 Å². The maximum absolute atomic E-state index is 13.2. The van der Waals surface area contributed by atoms with Gasteiger partial charge in [0.2, 0.25) is 0 Å². The molecule has 1 heterocycles. The van der Waals surface area contributed by atoms with Crippen LogP contribution in [0, 0.1) is 0 Å². The largest absolute Gasteiger partial charge is 0.481 e. The molecule has 1 amide bonds. The smallest absolute Gasteiger partial charge is 0.282 e. The number of nitrogens with zero attached hydrogens (tertiary/aromatic N) is 3. The first-order chi connectivity index (χ1) is 17.2. The van der Waals surface area contributed by atoms with E-state index >= 15 is 0 Å². The molecule has 1 N–H and O–H groups in total. The van der Waals surface area contributed by atoms with Crippen molar-refractivity contribution in [2.75, 3.05) is 11.9 Å². The lowest BCUT2D eigenvalue weighted by atomic mass is 10.2. The van der Waals surface area contributed by atoms with E-state index in [1.165, 1.54) is 10.9 Å². The highest BCUT2D eigenvalue weighted by molar-refractivity contribution is 9.10. The van der Waals surface area contributed by atoms with Gasteiger partial charge >= 0.3 is 0 Å². The molecule has 0 saturated carbocycles. The molecule has 1 aromatic heterocycles. The summed E-state index contributed by atoms with van der Waals surface area (Å²) in [4.78, 5) is 30.0. The molecule has 184 valence electrons. The van der Waals surface area contributed by atoms with Crippen molar-refractivity contribution >= 4 is 67.8 Å². The van der Waals surface area contributed by atoms with Gasteiger partial charge in [0.1, 0.15) is 5.82 Å². The number of carbonyl (C=O) groups excluding carboxylic acids is 1. The van der Waals surface area contributed by atoms with E-state index in [1.807, 2.05) is 38.1 Å². The van der Waals surface area contributed by atoms with Gasteiger partial charge in [-0.15, -0.1) is 0 Å². The number of aromatic nitrogens is 2. The van der Waals surface area contributed by atoms with E-state index in [1.54, 1.807) is 36.4 Å². The molecule has 0 aliphatic heterocycles. The van der Waals surface area contributed by atoms with Crippen molar-refractivity contribution in [2.45, 2.75) is 19.8 Å². The molecule has 0 aliphatic carbocycles. The summed E-state index contributed by atoms with van der Waals surface area (Å²) in [5.74, 6) is 0.298. The number of para-hydroxylation sites is 1. The Bertz CT molecular complexity index is 1500. The van der Waals surface area contributed by atoms with Crippen molar-refractivity contribution in [1.29, 1.82) is 0 Å². The van der Waals surface area contributed by atoms with Crippen molar-refractivity contribution in [3.05, 3.63) is 96.9 Å². The van der Waals surface area contributed by atoms with Crippen LogP contribution in [0.1, 0.15) is 31.2 Å². The Hall–Kier alpha value is -3.20. The predicted molar refractivity (Wildman–Crippen MR) is 148 cm³/mol. The first-order valence-corrected chi connectivity index (χ1v) is 12.5. The number of nitrogens with one attached hydrogen (secondary N) is 1. The minimum Gasteiger partial charge on any atom is -0.481 e. The van der Waals surface area contributed by atoms with Crippen LogP contribution in [0.4, 0.5) is 5.69 Å². The van der Waals surface area contributed by atoms with Crippen molar-refractivity contribution in [3.8, 4) is 5.75 Å². The van der Waals surface area contributed by atoms with Crippen LogP contribution in [-0.4, -0.2) is 28.4 Å². The third-order valence-electron chi connectivity index (χ3n) is 5.10. The lowest BCUT2D eigenvalue weighted by molar-refractivity contribution is -0.118. The fourth-order valence-electron chi connectivity index (χ4n) is 3.42. The molecular weight excluding hydrogens is 567 g/mol. The number of hydrogen-bond donors (Lipinski definition) is 1. The summed E-state index contributed by atoms with van der Waals surface area (Å²) in [5, 5.41) is 7.96. The summed E-state index contributed by atoms with van der Waals surface area (Å²) in [5.41, 5.74) is 1.51. The van der Waals surface area contributed by atoms with Gasteiger partial charge in [0.15, 0.2) is 12.4 Å². The van der Waals surface area contributed by atoms with Crippen LogP contribution < -0.4 is 15.6 Å². The van der Waals surface area contributed by atoms with Gasteiger partial charge in [-0.05, 0) is 48.0 Å². The van der Waals surface area contributed by atoms with Gasteiger partial charge in [0.25, 0.3) is 11.5 Å². The summed E-state index contributed by atoms with van der Waals surface area (Å²) in [7, 11) is 0. The van der Waals surface area contributed by atoms with Crippen molar-refractivity contribution in [1.82, 2.24) is 9.66 Å². The normalized spacial score (nSPS) is 11.4. The second-order valence-corrected chi connectivity index (χ2v) is 9.89. The highest BCUT2D eigenvalue weighted by Crippen LogP contribution is 2.34. The molecule has 0 fully saturated rings. The average molecular weight is 588 g/mol. The Labute approximate surface area is 225 Å². The van der Waals surface area contributed by atoms with Crippen LogP contribution in [0.25, 0.3) is 10.9 Å². The Morgan fingerprint density at radius 3 is 2.50 bits per heavy atom. The molecule has 0 unspecified atom stereocenters. The Morgan fingerprint density at radius 2 is 1.83 bits per heavy atom. The van der Waals surface area contributed by atoms with Gasteiger partial charge in [-0.25, -0.2) is 4.98 Å². The van der Waals surface area contributed by atoms with Gasteiger partial charge in [-0.2, -0.15) is 9.78 Å². The number of anilines is 1. The number of benzene rings is 3. The highest BCUT2D eigenvalue weighted by Gasteiger charge is 2.15. The fraction of sp³-hybridized carbons (Fsp3) is 0.154. The maximum Gasteiger partial charge on any atom is 0.282 e. The molecule has 0 aliphatic rings. The zero-order valence-corrected chi connectivity index (χ0v) is 22.4. The lowest BCUT2D eigenvalue weighted by Crippen LogP contribution is -2.23. The Kier molecular flexibility index (Phi) is 8.08. The number of amides is 1. The number of carbonyl (C=O) groups is 1. The van der Waals surface area contributed by atoms with E-state index in [0.717, 1.165) is 4.47 Å². The number of fused-ring (bicyclic) bond motifs is 1. The maximum atomic E-state index is 13.2. The molecule has 4 rings (SSSR count). The number of ether oxygens (including phenoxy) is 1. The van der Waals surface area contributed by atoms with E-state index in [0.29, 0.717) is 28.0 Å². The molecule has 0 bridgehead atoms. The van der Waals surface area contributed by atoms with Gasteiger partial charge < -0.3 is 10.1 Å². The molecule has 36 heavy (non-hydrogen) atoms. The average Bonchev–Trinajstić information content (AvgIpc) is 2.83. The molecule has 7 nitrogen and oxygen atoms in total. The second kappa shape index (κ2) is 11.2. The predicted octanol–water partition coefficient (Wildman–Crippen LogP) is 6.49. The zero-order chi connectivity index (χ0) is 25.8. The minimum absolute atomic E-state index is 0.0483. The molecule has 3 aromatic carbocycles. The number of hydrogen-bond acceptors (Lipinski definition) is 5. The van der Waals surface area contributed by atoms with Crippen LogP contribution in [0.3, 0.4) is 0 Å². The first-order valence-electron chi connectivity index (χ1n) is 11.0. The first kappa shape index (κ1) is 25.9. The highest BCUT2D eigenvalue weighted by atomic mass is 79.9. The molecule has 0 saturated heterocycles. The van der Waals surface area contributed by atoms with Crippen LogP contribution in [0.5, 0.6) is 5.75 Å². The van der Waals surface area contributed by atoms with E-state index in [2.05, 4.69) is 31.3 Å². The van der Waals surface area contributed by atoms with Gasteiger partial charge in [0, 0.05) is 16.1 Å². The third kappa shape index (κ3) is 5.95.